The molecule has 1 fully saturated rings. The molecule has 68 valence electrons. The maximum Gasteiger partial charge on any atom is 0.0676 e. The van der Waals surface area contributed by atoms with Crippen molar-refractivity contribution in [3.05, 3.63) is 21.9 Å². The summed E-state index contributed by atoms with van der Waals surface area (Å²) in [6.07, 6.45) is 0. The Labute approximate surface area is 82.2 Å². The topological polar surface area (TPSA) is 35.8 Å². The van der Waals surface area contributed by atoms with E-state index in [1.807, 2.05) is 11.3 Å². The van der Waals surface area contributed by atoms with Crippen LogP contribution in [-0.2, 0) is 0 Å². The second-order valence-electron chi connectivity index (χ2n) is 3.45. The van der Waals surface area contributed by atoms with E-state index in [1.54, 1.807) is 0 Å². The van der Waals surface area contributed by atoms with E-state index in [2.05, 4.69) is 30.4 Å². The molecule has 0 saturated carbocycles. The molecular weight excluding hydrogens is 180 g/mol. The SMILES string of the molecule is Cc1ccc(C2CNCC2C#N)s1. The first-order valence-electron chi connectivity index (χ1n) is 4.48. The lowest BCUT2D eigenvalue weighted by atomic mass is 9.96. The van der Waals surface area contributed by atoms with Gasteiger partial charge >= 0.3 is 0 Å². The lowest BCUT2D eigenvalue weighted by Crippen LogP contribution is -2.07. The molecule has 2 heterocycles. The minimum atomic E-state index is 0.165. The summed E-state index contributed by atoms with van der Waals surface area (Å²) in [5, 5.41) is 12.2. The second kappa shape index (κ2) is 3.49. The number of nitrogens with one attached hydrogen (secondary N) is 1. The molecule has 0 amide bonds. The number of hydrogen-bond acceptors (Lipinski definition) is 3. The van der Waals surface area contributed by atoms with Crippen LogP contribution in [0.4, 0.5) is 0 Å². The van der Waals surface area contributed by atoms with Crippen LogP contribution < -0.4 is 5.32 Å². The standard InChI is InChI=1S/C10H12N2S/c1-7-2-3-10(13-7)9-6-12-5-8(9)4-11/h2-3,8-9,12H,5-6H2,1H3. The highest BCUT2D eigenvalue weighted by molar-refractivity contribution is 7.12. The first kappa shape index (κ1) is 8.74. The summed E-state index contributed by atoms with van der Waals surface area (Å²) in [6, 6.07) is 6.65. The summed E-state index contributed by atoms with van der Waals surface area (Å²) in [6.45, 7) is 3.91. The van der Waals surface area contributed by atoms with Crippen molar-refractivity contribution in [3.8, 4) is 6.07 Å². The third-order valence-corrected chi connectivity index (χ3v) is 3.64. The minimum absolute atomic E-state index is 0.165. The van der Waals surface area contributed by atoms with Gasteiger partial charge in [0.05, 0.1) is 12.0 Å². The van der Waals surface area contributed by atoms with Gasteiger partial charge < -0.3 is 5.32 Å². The van der Waals surface area contributed by atoms with Gasteiger partial charge in [0.15, 0.2) is 0 Å². The Hall–Kier alpha value is -0.850. The molecule has 1 aliphatic heterocycles. The Morgan fingerprint density at radius 2 is 2.38 bits per heavy atom. The fourth-order valence-corrected chi connectivity index (χ4v) is 2.81. The predicted octanol–water partition coefficient (Wildman–Crippen LogP) is 1.88. The molecule has 2 atom stereocenters. The second-order valence-corrected chi connectivity index (χ2v) is 4.77. The number of rotatable bonds is 1. The van der Waals surface area contributed by atoms with Crippen molar-refractivity contribution in [2.45, 2.75) is 12.8 Å². The molecule has 2 rings (SSSR count). The lowest BCUT2D eigenvalue weighted by molar-refractivity contribution is 0.657. The average molecular weight is 192 g/mol. The zero-order chi connectivity index (χ0) is 9.26. The van der Waals surface area contributed by atoms with Gasteiger partial charge in [-0.1, -0.05) is 0 Å². The Morgan fingerprint density at radius 3 is 3.00 bits per heavy atom. The number of thiophene rings is 1. The van der Waals surface area contributed by atoms with Crippen LogP contribution in [0.1, 0.15) is 15.7 Å². The molecule has 1 aromatic rings. The van der Waals surface area contributed by atoms with Crippen molar-refractivity contribution in [2.75, 3.05) is 13.1 Å². The molecule has 2 nitrogen and oxygen atoms in total. The molecule has 1 aromatic heterocycles. The highest BCUT2D eigenvalue weighted by Gasteiger charge is 2.28. The van der Waals surface area contributed by atoms with Gasteiger partial charge in [-0.2, -0.15) is 5.26 Å². The van der Waals surface area contributed by atoms with Crippen LogP contribution in [0.15, 0.2) is 12.1 Å². The molecule has 0 aromatic carbocycles. The van der Waals surface area contributed by atoms with E-state index in [0.717, 1.165) is 13.1 Å². The van der Waals surface area contributed by atoms with Crippen LogP contribution in [0.25, 0.3) is 0 Å². The Balaban J connectivity index is 2.21. The fraction of sp³-hybridized carbons (Fsp3) is 0.500. The van der Waals surface area contributed by atoms with Gasteiger partial charge in [0.1, 0.15) is 0 Å². The van der Waals surface area contributed by atoms with Crippen LogP contribution in [0, 0.1) is 24.2 Å². The van der Waals surface area contributed by atoms with Crippen LogP contribution in [-0.4, -0.2) is 13.1 Å². The van der Waals surface area contributed by atoms with E-state index >= 15 is 0 Å². The molecule has 0 radical (unpaired) electrons. The largest absolute Gasteiger partial charge is 0.315 e. The highest BCUT2D eigenvalue weighted by atomic mass is 32.1. The van der Waals surface area contributed by atoms with E-state index in [4.69, 9.17) is 5.26 Å². The molecule has 0 spiro atoms. The number of aryl methyl sites for hydroxylation is 1. The van der Waals surface area contributed by atoms with Crippen LogP contribution >= 0.6 is 11.3 Å². The Morgan fingerprint density at radius 1 is 1.54 bits per heavy atom. The zero-order valence-electron chi connectivity index (χ0n) is 7.58. The summed E-state index contributed by atoms with van der Waals surface area (Å²) in [5.41, 5.74) is 0. The van der Waals surface area contributed by atoms with Gasteiger partial charge in [-0.3, -0.25) is 0 Å². The number of nitrogens with zero attached hydrogens (tertiary/aromatic N) is 1. The maximum atomic E-state index is 8.92. The van der Waals surface area contributed by atoms with Gasteiger partial charge in [-0.05, 0) is 19.1 Å². The van der Waals surface area contributed by atoms with Gasteiger partial charge in [-0.15, -0.1) is 11.3 Å². The smallest absolute Gasteiger partial charge is 0.0676 e. The van der Waals surface area contributed by atoms with Crippen LogP contribution in [0.5, 0.6) is 0 Å². The molecule has 2 unspecified atom stereocenters. The van der Waals surface area contributed by atoms with E-state index in [-0.39, 0.29) is 5.92 Å². The summed E-state index contributed by atoms with van der Waals surface area (Å²) in [7, 11) is 0. The van der Waals surface area contributed by atoms with Gasteiger partial charge in [0.25, 0.3) is 0 Å². The monoisotopic (exact) mass is 192 g/mol. The average Bonchev–Trinajstić information content (AvgIpc) is 2.71. The summed E-state index contributed by atoms with van der Waals surface area (Å²) in [4.78, 5) is 2.69. The Bertz CT molecular complexity index is 337. The number of hydrogen-bond donors (Lipinski definition) is 1. The van der Waals surface area contributed by atoms with E-state index < -0.39 is 0 Å². The van der Waals surface area contributed by atoms with E-state index in [1.165, 1.54) is 9.75 Å². The Kier molecular flexibility index (Phi) is 2.34. The van der Waals surface area contributed by atoms with Crippen molar-refractivity contribution in [3.63, 3.8) is 0 Å². The molecule has 1 N–H and O–H groups in total. The normalized spacial score (nSPS) is 27.4. The summed E-state index contributed by atoms with van der Waals surface area (Å²) < 4.78 is 0. The molecule has 1 aliphatic rings. The highest BCUT2D eigenvalue weighted by Crippen LogP contribution is 2.32. The van der Waals surface area contributed by atoms with Crippen LogP contribution in [0.3, 0.4) is 0 Å². The molecular formula is C10H12N2S. The van der Waals surface area contributed by atoms with Crippen molar-refractivity contribution < 1.29 is 0 Å². The third kappa shape index (κ3) is 1.60. The van der Waals surface area contributed by atoms with Gasteiger partial charge in [0, 0.05) is 28.8 Å². The lowest BCUT2D eigenvalue weighted by Gasteiger charge is -2.08. The summed E-state index contributed by atoms with van der Waals surface area (Å²) in [5.74, 6) is 0.585. The first-order chi connectivity index (χ1) is 6.31. The van der Waals surface area contributed by atoms with Crippen LogP contribution in [0.2, 0.25) is 0 Å². The first-order valence-corrected chi connectivity index (χ1v) is 5.29. The zero-order valence-corrected chi connectivity index (χ0v) is 8.40. The van der Waals surface area contributed by atoms with Crippen molar-refractivity contribution in [1.82, 2.24) is 5.32 Å². The third-order valence-electron chi connectivity index (χ3n) is 2.51. The minimum Gasteiger partial charge on any atom is -0.315 e. The molecule has 0 aliphatic carbocycles. The molecule has 13 heavy (non-hydrogen) atoms. The van der Waals surface area contributed by atoms with Crippen molar-refractivity contribution in [2.24, 2.45) is 5.92 Å². The van der Waals surface area contributed by atoms with E-state index in [0.29, 0.717) is 5.92 Å². The fourth-order valence-electron chi connectivity index (χ4n) is 1.77. The molecule has 0 bridgehead atoms. The van der Waals surface area contributed by atoms with Crippen molar-refractivity contribution >= 4 is 11.3 Å². The van der Waals surface area contributed by atoms with E-state index in [9.17, 15) is 0 Å². The molecule has 1 saturated heterocycles. The predicted molar refractivity (Wildman–Crippen MR) is 53.8 cm³/mol. The summed E-state index contributed by atoms with van der Waals surface area (Å²) >= 11 is 1.81. The van der Waals surface area contributed by atoms with Gasteiger partial charge in [-0.25, -0.2) is 0 Å². The van der Waals surface area contributed by atoms with Gasteiger partial charge in [0.2, 0.25) is 0 Å². The quantitative estimate of drug-likeness (QED) is 0.737. The van der Waals surface area contributed by atoms with Crippen molar-refractivity contribution in [1.29, 1.82) is 5.26 Å². The maximum absolute atomic E-state index is 8.92. The number of nitriles is 1. The molecule has 3 heteroatoms.